The maximum Gasteiger partial charge on any atom is 0.323 e. The van der Waals surface area contributed by atoms with Crippen molar-refractivity contribution >= 4 is 29.2 Å². The average Bonchev–Trinajstić information content (AvgIpc) is 2.85. The van der Waals surface area contributed by atoms with Gasteiger partial charge in [0, 0.05) is 56.2 Å². The minimum Gasteiger partial charge on any atom is -0.342 e. The molecular weight excluding hydrogens is 418 g/mol. The molecule has 2 heterocycles. The van der Waals surface area contributed by atoms with E-state index in [-0.39, 0.29) is 17.8 Å². The van der Waals surface area contributed by atoms with Gasteiger partial charge >= 0.3 is 6.03 Å². The highest BCUT2D eigenvalue weighted by molar-refractivity contribution is 6.00. The molecule has 0 spiro atoms. The number of nitrogens with zero attached hydrogens (tertiary/aromatic N) is 3. The van der Waals surface area contributed by atoms with Crippen LogP contribution in [0.2, 0.25) is 0 Å². The predicted octanol–water partition coefficient (Wildman–Crippen LogP) is 3.10. The number of urea groups is 1. The number of benzene rings is 2. The summed E-state index contributed by atoms with van der Waals surface area (Å²) in [4.78, 5) is 43.4. The summed E-state index contributed by atoms with van der Waals surface area (Å²) in [5, 5.41) is 5.53. The third-order valence-corrected chi connectivity index (χ3v) is 6.15. The quantitative estimate of drug-likeness (QED) is 0.735. The number of nitrogens with one attached hydrogen (secondary N) is 2. The van der Waals surface area contributed by atoms with E-state index in [2.05, 4.69) is 15.5 Å². The Kier molecular flexibility index (Phi) is 7.57. The summed E-state index contributed by atoms with van der Waals surface area (Å²) in [7, 11) is 0. The minimum atomic E-state index is -0.338. The fraction of sp³-hybridized carbons (Fsp3) is 0.400. The van der Waals surface area contributed by atoms with Crippen LogP contribution >= 0.6 is 0 Å². The number of hydrogen-bond donors (Lipinski definition) is 2. The highest BCUT2D eigenvalue weighted by Crippen LogP contribution is 2.15. The van der Waals surface area contributed by atoms with Crippen molar-refractivity contribution in [3.05, 3.63) is 60.2 Å². The van der Waals surface area contributed by atoms with Crippen LogP contribution in [0.4, 0.5) is 16.2 Å². The number of para-hydroxylation sites is 1. The molecule has 0 aliphatic carbocycles. The van der Waals surface area contributed by atoms with Gasteiger partial charge in [-0.1, -0.05) is 18.2 Å². The Morgan fingerprint density at radius 1 is 0.667 bits per heavy atom. The lowest BCUT2D eigenvalue weighted by atomic mass is 10.1. The number of carbonyl (C=O) groups is 3. The number of rotatable bonds is 5. The number of likely N-dealkylation sites (tertiary alicyclic amines) is 1. The molecule has 4 amide bonds. The predicted molar refractivity (Wildman–Crippen MR) is 128 cm³/mol. The molecule has 0 unspecified atom stereocenters. The highest BCUT2D eigenvalue weighted by Gasteiger charge is 2.25. The first kappa shape index (κ1) is 22.8. The van der Waals surface area contributed by atoms with Gasteiger partial charge in [0.1, 0.15) is 0 Å². The van der Waals surface area contributed by atoms with Crippen molar-refractivity contribution in [2.75, 3.05) is 56.4 Å². The Morgan fingerprint density at radius 3 is 1.91 bits per heavy atom. The molecule has 2 aliphatic rings. The Hall–Kier alpha value is -3.39. The number of amides is 4. The zero-order valence-corrected chi connectivity index (χ0v) is 18.8. The Bertz CT molecular complexity index is 950. The van der Waals surface area contributed by atoms with Crippen LogP contribution in [0.15, 0.2) is 54.6 Å². The molecule has 0 saturated carbocycles. The van der Waals surface area contributed by atoms with Gasteiger partial charge in [0.05, 0.1) is 6.54 Å². The minimum absolute atomic E-state index is 0.0303. The summed E-state index contributed by atoms with van der Waals surface area (Å²) in [6.07, 6.45) is 3.41. The summed E-state index contributed by atoms with van der Waals surface area (Å²) < 4.78 is 0. The fourth-order valence-corrected chi connectivity index (χ4v) is 4.24. The molecule has 2 aromatic carbocycles. The second-order valence-electron chi connectivity index (χ2n) is 8.53. The van der Waals surface area contributed by atoms with Crippen LogP contribution in [-0.4, -0.2) is 78.4 Å². The third-order valence-electron chi connectivity index (χ3n) is 6.15. The van der Waals surface area contributed by atoms with E-state index in [0.29, 0.717) is 49.7 Å². The molecule has 0 bridgehead atoms. The van der Waals surface area contributed by atoms with Gasteiger partial charge in [-0.3, -0.25) is 14.5 Å². The normalized spacial score (nSPS) is 16.8. The van der Waals surface area contributed by atoms with Crippen molar-refractivity contribution in [3.8, 4) is 0 Å². The second kappa shape index (κ2) is 11.0. The van der Waals surface area contributed by atoms with Crippen molar-refractivity contribution in [1.29, 1.82) is 0 Å². The topological polar surface area (TPSA) is 85.0 Å². The van der Waals surface area contributed by atoms with Crippen molar-refractivity contribution in [3.63, 3.8) is 0 Å². The average molecular weight is 450 g/mol. The Labute approximate surface area is 194 Å². The molecule has 2 N–H and O–H groups in total. The molecule has 0 radical (unpaired) electrons. The van der Waals surface area contributed by atoms with Crippen LogP contribution in [0, 0.1) is 0 Å². The van der Waals surface area contributed by atoms with E-state index < -0.39 is 0 Å². The number of hydrogen-bond acceptors (Lipinski definition) is 4. The fourth-order valence-electron chi connectivity index (χ4n) is 4.24. The molecule has 174 valence electrons. The molecule has 2 aromatic rings. The van der Waals surface area contributed by atoms with Gasteiger partial charge < -0.3 is 20.4 Å². The number of piperidine rings is 1. The molecule has 2 saturated heterocycles. The van der Waals surface area contributed by atoms with E-state index in [1.165, 1.54) is 6.42 Å². The first-order valence-corrected chi connectivity index (χ1v) is 11.6. The van der Waals surface area contributed by atoms with E-state index in [0.717, 1.165) is 25.9 Å². The lowest BCUT2D eigenvalue weighted by Crippen LogP contribution is -2.52. The summed E-state index contributed by atoms with van der Waals surface area (Å²) in [5.41, 5.74) is 1.90. The van der Waals surface area contributed by atoms with Gasteiger partial charge in [0.2, 0.25) is 5.91 Å². The zero-order chi connectivity index (χ0) is 23.0. The molecular formula is C25H31N5O3. The monoisotopic (exact) mass is 449 g/mol. The molecule has 8 nitrogen and oxygen atoms in total. The third kappa shape index (κ3) is 6.32. The van der Waals surface area contributed by atoms with Gasteiger partial charge in [0.25, 0.3) is 5.91 Å². The summed E-state index contributed by atoms with van der Waals surface area (Å²) in [6, 6.07) is 15.8. The molecule has 8 heteroatoms. The van der Waals surface area contributed by atoms with Crippen molar-refractivity contribution in [2.24, 2.45) is 0 Å². The van der Waals surface area contributed by atoms with Crippen LogP contribution in [0.5, 0.6) is 0 Å². The van der Waals surface area contributed by atoms with E-state index in [4.69, 9.17) is 0 Å². The lowest BCUT2D eigenvalue weighted by molar-refractivity contribution is -0.133. The van der Waals surface area contributed by atoms with Crippen LogP contribution in [0.1, 0.15) is 29.6 Å². The smallest absolute Gasteiger partial charge is 0.323 e. The first-order chi connectivity index (χ1) is 16.1. The summed E-state index contributed by atoms with van der Waals surface area (Å²) in [6.45, 7) is 4.78. The van der Waals surface area contributed by atoms with Gasteiger partial charge in [0.15, 0.2) is 0 Å². The van der Waals surface area contributed by atoms with Gasteiger partial charge in [-0.15, -0.1) is 0 Å². The number of piperazine rings is 1. The molecule has 4 rings (SSSR count). The van der Waals surface area contributed by atoms with E-state index in [1.807, 2.05) is 40.1 Å². The van der Waals surface area contributed by atoms with Crippen molar-refractivity contribution in [2.45, 2.75) is 19.3 Å². The Morgan fingerprint density at radius 2 is 1.27 bits per heavy atom. The lowest BCUT2D eigenvalue weighted by Gasteiger charge is -2.36. The van der Waals surface area contributed by atoms with Gasteiger partial charge in [-0.2, -0.15) is 0 Å². The second-order valence-corrected chi connectivity index (χ2v) is 8.53. The maximum absolute atomic E-state index is 12.9. The maximum atomic E-state index is 12.9. The van der Waals surface area contributed by atoms with E-state index >= 15 is 0 Å². The molecule has 33 heavy (non-hydrogen) atoms. The standard InChI is InChI=1S/C25H31N5O3/c31-23(29-13-5-2-6-14-29)19-28-15-17-30(18-16-28)24(32)20-9-11-22(12-10-20)27-25(33)26-21-7-3-1-4-8-21/h1,3-4,7-12H,2,5-6,13-19H2,(H2,26,27,33). The van der Waals surface area contributed by atoms with Crippen LogP contribution < -0.4 is 10.6 Å². The van der Waals surface area contributed by atoms with Gasteiger partial charge in [-0.25, -0.2) is 4.79 Å². The largest absolute Gasteiger partial charge is 0.342 e. The summed E-state index contributed by atoms with van der Waals surface area (Å²) in [5.74, 6) is 0.172. The SMILES string of the molecule is O=C(Nc1ccccc1)Nc1ccc(C(=O)N2CCN(CC(=O)N3CCCCC3)CC2)cc1. The zero-order valence-electron chi connectivity index (χ0n) is 18.8. The first-order valence-electron chi connectivity index (χ1n) is 11.6. The molecule has 2 aliphatic heterocycles. The van der Waals surface area contributed by atoms with Crippen molar-refractivity contribution < 1.29 is 14.4 Å². The molecule has 2 fully saturated rings. The Balaban J connectivity index is 1.23. The van der Waals surface area contributed by atoms with Gasteiger partial charge in [-0.05, 0) is 55.7 Å². The van der Waals surface area contributed by atoms with E-state index in [1.54, 1.807) is 24.3 Å². The van der Waals surface area contributed by atoms with E-state index in [9.17, 15) is 14.4 Å². The van der Waals surface area contributed by atoms with Crippen LogP contribution in [0.25, 0.3) is 0 Å². The van der Waals surface area contributed by atoms with Crippen molar-refractivity contribution in [1.82, 2.24) is 14.7 Å². The highest BCUT2D eigenvalue weighted by atomic mass is 16.2. The molecule has 0 aromatic heterocycles. The molecule has 0 atom stereocenters. The van der Waals surface area contributed by atoms with Crippen LogP contribution in [0.3, 0.4) is 0 Å². The number of carbonyl (C=O) groups excluding carboxylic acids is 3. The summed E-state index contributed by atoms with van der Waals surface area (Å²) >= 11 is 0. The van der Waals surface area contributed by atoms with Crippen LogP contribution in [-0.2, 0) is 4.79 Å². The number of anilines is 2.